The van der Waals surface area contributed by atoms with Crippen LogP contribution in [0.25, 0.3) is 0 Å². The van der Waals surface area contributed by atoms with Crippen LogP contribution in [0.3, 0.4) is 0 Å². The van der Waals surface area contributed by atoms with Crippen LogP contribution >= 0.6 is 0 Å². The first-order chi connectivity index (χ1) is 16.7. The van der Waals surface area contributed by atoms with Gasteiger partial charge in [0, 0.05) is 31.7 Å². The Morgan fingerprint density at radius 1 is 1.06 bits per heavy atom. The van der Waals surface area contributed by atoms with E-state index in [1.165, 1.54) is 45.6 Å². The summed E-state index contributed by atoms with van der Waals surface area (Å²) in [6.45, 7) is 4.64. The lowest BCUT2D eigenvalue weighted by molar-refractivity contribution is -0.185. The van der Waals surface area contributed by atoms with Crippen LogP contribution in [0.1, 0.15) is 69.8 Å². The average Bonchev–Trinajstić information content (AvgIpc) is 2.78. The number of methoxy groups -OCH3 is 2. The van der Waals surface area contributed by atoms with Crippen molar-refractivity contribution in [3.05, 3.63) is 18.0 Å². The van der Waals surface area contributed by atoms with E-state index < -0.39 is 30.0 Å². The van der Waals surface area contributed by atoms with Crippen molar-refractivity contribution in [2.75, 3.05) is 14.2 Å². The quantitative estimate of drug-likeness (QED) is 0.527. The number of hydrogen-bond acceptors (Lipinski definition) is 8. The largest absolute Gasteiger partial charge is 0.493 e. The maximum absolute atomic E-state index is 12.9. The Bertz CT molecular complexity index is 943. The van der Waals surface area contributed by atoms with Crippen LogP contribution < -0.4 is 14.8 Å². The predicted molar refractivity (Wildman–Crippen MR) is 126 cm³/mol. The van der Waals surface area contributed by atoms with Gasteiger partial charge in [-0.25, -0.2) is 9.78 Å². The molecule has 1 heterocycles. The zero-order valence-electron chi connectivity index (χ0n) is 21.2. The van der Waals surface area contributed by atoms with Gasteiger partial charge >= 0.3 is 11.9 Å². The molecule has 1 aromatic heterocycles. The molecule has 0 spiro atoms. The number of esters is 2. The van der Waals surface area contributed by atoms with E-state index in [-0.39, 0.29) is 28.7 Å². The summed E-state index contributed by atoms with van der Waals surface area (Å²) in [6, 6.07) is 0.529. The molecule has 5 rings (SSSR count). The Kier molecular flexibility index (Phi) is 7.35. The van der Waals surface area contributed by atoms with Gasteiger partial charge in [-0.2, -0.15) is 0 Å². The van der Waals surface area contributed by atoms with Crippen LogP contribution in [-0.4, -0.2) is 55.3 Å². The fourth-order valence-corrected chi connectivity index (χ4v) is 7.13. The molecule has 0 aliphatic heterocycles. The van der Waals surface area contributed by atoms with Crippen LogP contribution in [-0.2, 0) is 19.1 Å². The van der Waals surface area contributed by atoms with Crippen molar-refractivity contribution in [2.45, 2.75) is 77.5 Å². The molecule has 9 nitrogen and oxygen atoms in total. The standard InChI is InChI=1S/C26H36N2O7/c1-14(28-24(30)21-22(35-16(3)29)20(32-4)6-7-27-21)25(31)34-15(2)23(33-5)26-11-17-8-18(12-26)10-19(9-17)13-26/h6-7,14-15,17-19,23H,8-13H2,1-5H3,(H,28,30)/t14-,15-,17?,18?,19?,23-,26?/m0/s1. The van der Waals surface area contributed by atoms with Gasteiger partial charge in [0.05, 0.1) is 13.2 Å². The molecule has 4 aliphatic rings. The molecule has 0 radical (unpaired) electrons. The fourth-order valence-electron chi connectivity index (χ4n) is 7.13. The number of carbonyl (C=O) groups is 3. The van der Waals surface area contributed by atoms with Crippen molar-refractivity contribution in [3.8, 4) is 11.5 Å². The molecular formula is C26H36N2O7. The normalized spacial score (nSPS) is 29.1. The zero-order chi connectivity index (χ0) is 25.3. The van der Waals surface area contributed by atoms with Gasteiger partial charge in [0.25, 0.3) is 5.91 Å². The van der Waals surface area contributed by atoms with Gasteiger partial charge in [-0.3, -0.25) is 9.59 Å². The van der Waals surface area contributed by atoms with Crippen LogP contribution in [0.2, 0.25) is 0 Å². The molecule has 4 saturated carbocycles. The first kappa shape index (κ1) is 25.4. The van der Waals surface area contributed by atoms with Gasteiger partial charge in [0.2, 0.25) is 5.75 Å². The first-order valence-corrected chi connectivity index (χ1v) is 12.4. The molecule has 35 heavy (non-hydrogen) atoms. The summed E-state index contributed by atoms with van der Waals surface area (Å²) in [6.07, 6.45) is 8.08. The van der Waals surface area contributed by atoms with Crippen LogP contribution in [0, 0.1) is 23.2 Å². The van der Waals surface area contributed by atoms with Crippen molar-refractivity contribution < 1.29 is 33.3 Å². The summed E-state index contributed by atoms with van der Waals surface area (Å²) in [7, 11) is 3.09. The molecule has 4 aliphatic carbocycles. The monoisotopic (exact) mass is 488 g/mol. The number of amides is 1. The molecule has 4 bridgehead atoms. The van der Waals surface area contributed by atoms with E-state index in [2.05, 4.69) is 10.3 Å². The minimum absolute atomic E-state index is 0.0547. The molecule has 0 saturated heterocycles. The Morgan fingerprint density at radius 2 is 1.66 bits per heavy atom. The summed E-state index contributed by atoms with van der Waals surface area (Å²) in [5.74, 6) is 0.474. The van der Waals surface area contributed by atoms with E-state index in [9.17, 15) is 14.4 Å². The Hall–Kier alpha value is -2.68. The molecule has 1 N–H and O–H groups in total. The van der Waals surface area contributed by atoms with E-state index in [4.69, 9.17) is 18.9 Å². The molecule has 1 amide bonds. The molecule has 192 valence electrons. The van der Waals surface area contributed by atoms with E-state index in [1.54, 1.807) is 14.0 Å². The highest BCUT2D eigenvalue weighted by Gasteiger charge is 2.56. The Morgan fingerprint density at radius 3 is 2.17 bits per heavy atom. The zero-order valence-corrected chi connectivity index (χ0v) is 21.2. The molecule has 3 atom stereocenters. The average molecular weight is 489 g/mol. The molecule has 0 unspecified atom stereocenters. The van der Waals surface area contributed by atoms with Crippen molar-refractivity contribution in [3.63, 3.8) is 0 Å². The summed E-state index contributed by atoms with van der Waals surface area (Å²) >= 11 is 0. The molecular weight excluding hydrogens is 452 g/mol. The Labute approximate surface area is 206 Å². The van der Waals surface area contributed by atoms with Crippen molar-refractivity contribution in [2.24, 2.45) is 23.2 Å². The molecule has 1 aromatic rings. The van der Waals surface area contributed by atoms with E-state index >= 15 is 0 Å². The first-order valence-electron chi connectivity index (χ1n) is 12.4. The summed E-state index contributed by atoms with van der Waals surface area (Å²) in [5.41, 5.74) is -0.102. The fraction of sp³-hybridized carbons (Fsp3) is 0.692. The molecule has 0 aromatic carbocycles. The second kappa shape index (κ2) is 10.1. The second-order valence-electron chi connectivity index (χ2n) is 10.6. The Balaban J connectivity index is 1.41. The number of rotatable bonds is 9. The van der Waals surface area contributed by atoms with E-state index in [1.807, 2.05) is 6.92 Å². The second-order valence-corrected chi connectivity index (χ2v) is 10.6. The number of hydrogen-bond donors (Lipinski definition) is 1. The smallest absolute Gasteiger partial charge is 0.328 e. The maximum atomic E-state index is 12.9. The number of pyridine rings is 1. The number of aromatic nitrogens is 1. The highest BCUT2D eigenvalue weighted by molar-refractivity contribution is 5.98. The van der Waals surface area contributed by atoms with Crippen LogP contribution in [0.5, 0.6) is 11.5 Å². The van der Waals surface area contributed by atoms with Crippen molar-refractivity contribution >= 4 is 17.8 Å². The number of nitrogens with one attached hydrogen (secondary N) is 1. The number of carbonyl (C=O) groups excluding carboxylic acids is 3. The third-order valence-electron chi connectivity index (χ3n) is 7.92. The van der Waals surface area contributed by atoms with E-state index in [0.29, 0.717) is 0 Å². The van der Waals surface area contributed by atoms with Gasteiger partial charge in [-0.1, -0.05) is 0 Å². The minimum Gasteiger partial charge on any atom is -0.493 e. The number of ether oxygens (including phenoxy) is 4. The van der Waals surface area contributed by atoms with Crippen molar-refractivity contribution in [1.82, 2.24) is 10.3 Å². The van der Waals surface area contributed by atoms with Crippen molar-refractivity contribution in [1.29, 1.82) is 0 Å². The van der Waals surface area contributed by atoms with Gasteiger partial charge in [0.15, 0.2) is 11.4 Å². The summed E-state index contributed by atoms with van der Waals surface area (Å²) in [5, 5.41) is 2.59. The number of nitrogens with zero attached hydrogens (tertiary/aromatic N) is 1. The van der Waals surface area contributed by atoms with Gasteiger partial charge in [0.1, 0.15) is 12.1 Å². The third-order valence-corrected chi connectivity index (χ3v) is 7.92. The van der Waals surface area contributed by atoms with Crippen LogP contribution in [0.4, 0.5) is 0 Å². The SMILES string of the molecule is COc1ccnc(C(=O)N[C@@H](C)C(=O)O[C@@H](C)[C@H](OC)C23CC4CC(CC(C4)C2)C3)c1OC(C)=O. The summed E-state index contributed by atoms with van der Waals surface area (Å²) in [4.78, 5) is 41.3. The van der Waals surface area contributed by atoms with Gasteiger partial charge in [-0.15, -0.1) is 0 Å². The maximum Gasteiger partial charge on any atom is 0.328 e. The lowest BCUT2D eigenvalue weighted by Crippen LogP contribution is -2.56. The predicted octanol–water partition coefficient (Wildman–Crippen LogP) is 3.30. The molecule has 9 heteroatoms. The minimum atomic E-state index is -0.947. The lowest BCUT2D eigenvalue weighted by Gasteiger charge is -2.59. The van der Waals surface area contributed by atoms with E-state index in [0.717, 1.165) is 37.0 Å². The summed E-state index contributed by atoms with van der Waals surface area (Å²) < 4.78 is 22.1. The lowest BCUT2D eigenvalue weighted by atomic mass is 9.47. The van der Waals surface area contributed by atoms with Gasteiger partial charge in [-0.05, 0) is 70.1 Å². The topological polar surface area (TPSA) is 113 Å². The third kappa shape index (κ3) is 5.15. The van der Waals surface area contributed by atoms with Crippen LogP contribution in [0.15, 0.2) is 12.3 Å². The highest BCUT2D eigenvalue weighted by Crippen LogP contribution is 2.62. The molecule has 4 fully saturated rings. The highest BCUT2D eigenvalue weighted by atomic mass is 16.6. The van der Waals surface area contributed by atoms with Gasteiger partial charge < -0.3 is 24.3 Å².